The average molecular weight is 293 g/mol. The highest BCUT2D eigenvalue weighted by atomic mass is 31.2. The zero-order chi connectivity index (χ0) is 14.4. The molecule has 2 aromatic rings. The molecule has 0 atom stereocenters. The molecule has 1 aliphatic heterocycles. The topological polar surface area (TPSA) is 93.1 Å². The summed E-state index contributed by atoms with van der Waals surface area (Å²) in [7, 11) is -3.85. The maximum atomic E-state index is 9.79. The molecule has 0 unspecified atom stereocenters. The lowest BCUT2D eigenvalue weighted by atomic mass is 10.3. The van der Waals surface area contributed by atoms with E-state index >= 15 is 0 Å². The Morgan fingerprint density at radius 1 is 0.950 bits per heavy atom. The molecule has 2 N–H and O–H groups in total. The van der Waals surface area contributed by atoms with Gasteiger partial charge >= 0.3 is 7.82 Å². The Balaban J connectivity index is 0.000000178. The number of nitrogens with one attached hydrogen (secondary N) is 1. The summed E-state index contributed by atoms with van der Waals surface area (Å²) in [5.41, 5.74) is 10.1. The predicted molar refractivity (Wildman–Crippen MR) is 71.8 cm³/mol. The van der Waals surface area contributed by atoms with Crippen LogP contribution in [0.3, 0.4) is 0 Å². The summed E-state index contributed by atoms with van der Waals surface area (Å²) < 4.78 is 17.0. The van der Waals surface area contributed by atoms with Gasteiger partial charge in [-0.3, -0.25) is 4.89 Å². The molecule has 0 amide bonds. The number of rotatable bonds is 2. The van der Waals surface area contributed by atoms with Crippen LogP contribution in [-0.4, -0.2) is 9.92 Å². The maximum Gasteiger partial charge on any atom is 0.700 e. The Kier molecular flexibility index (Phi) is 4.34. The van der Waals surface area contributed by atoms with Gasteiger partial charge in [0.05, 0.1) is 0 Å². The van der Waals surface area contributed by atoms with Gasteiger partial charge in [0.25, 0.3) is 0 Å². The van der Waals surface area contributed by atoms with E-state index in [1.165, 1.54) is 0 Å². The van der Waals surface area contributed by atoms with E-state index in [9.17, 15) is 4.57 Å². The number of anilines is 2. The first-order valence-corrected chi connectivity index (χ1v) is 7.13. The third kappa shape index (κ3) is 4.38. The van der Waals surface area contributed by atoms with Crippen molar-refractivity contribution >= 4 is 19.2 Å². The molecule has 2 aromatic carbocycles. The van der Waals surface area contributed by atoms with Crippen molar-refractivity contribution in [1.82, 2.24) is 0 Å². The van der Waals surface area contributed by atoms with Crippen molar-refractivity contribution in [3.63, 3.8) is 0 Å². The van der Waals surface area contributed by atoms with Crippen LogP contribution < -0.4 is 5.32 Å². The second kappa shape index (κ2) is 6.18. The third-order valence-corrected chi connectivity index (χ3v) is 2.87. The van der Waals surface area contributed by atoms with E-state index in [1.807, 2.05) is 60.7 Å². The summed E-state index contributed by atoms with van der Waals surface area (Å²) in [6, 6.07) is 20.3. The van der Waals surface area contributed by atoms with Crippen molar-refractivity contribution in [1.29, 1.82) is 0 Å². The van der Waals surface area contributed by atoms with Gasteiger partial charge < -0.3 is 10.8 Å². The highest BCUT2D eigenvalue weighted by Crippen LogP contribution is 2.51. The lowest BCUT2D eigenvalue weighted by Gasteiger charge is -2.11. The van der Waals surface area contributed by atoms with Gasteiger partial charge in [0.2, 0.25) is 0 Å². The van der Waals surface area contributed by atoms with Gasteiger partial charge in [-0.25, -0.2) is 0 Å². The van der Waals surface area contributed by atoms with Crippen LogP contribution in [0.5, 0.6) is 0 Å². The number of hydrogen-bond donors (Lipinski definition) is 2. The van der Waals surface area contributed by atoms with Crippen LogP contribution in [0.25, 0.3) is 5.53 Å². The largest absolute Gasteiger partial charge is 0.700 e. The molecule has 0 radical (unpaired) electrons. The standard InChI is InChI=1S/C12H11N.HN2O4P/c1-3-7-11(8-4-1)13-12-9-5-2-6-10-12;1-2-5-7(3,4)6-2/h1-10,13H;(H,3,4). The SMILES string of the molecule is [N-]=[N+]1OP(=O)(O)O1.c1ccc(Nc2ccccc2)cc1. The second-order valence-corrected chi connectivity index (χ2v) is 4.99. The van der Waals surface area contributed by atoms with Gasteiger partial charge in [-0.2, -0.15) is 4.57 Å². The second-order valence-electron chi connectivity index (χ2n) is 3.73. The van der Waals surface area contributed by atoms with Gasteiger partial charge in [-0.15, -0.1) is 9.25 Å². The Hall–Kier alpha value is -2.37. The Morgan fingerprint density at radius 2 is 1.35 bits per heavy atom. The summed E-state index contributed by atoms with van der Waals surface area (Å²) in [4.78, 5) is 7.99. The highest BCUT2D eigenvalue weighted by molar-refractivity contribution is 7.47. The predicted octanol–water partition coefficient (Wildman–Crippen LogP) is 3.43. The molecular formula is C12H12N3O4P. The van der Waals surface area contributed by atoms with Gasteiger partial charge in [0.15, 0.2) is 0 Å². The van der Waals surface area contributed by atoms with Crippen LogP contribution >= 0.6 is 7.82 Å². The smallest absolute Gasteiger partial charge is 0.390 e. The molecule has 0 saturated carbocycles. The summed E-state index contributed by atoms with van der Waals surface area (Å²) in [6.07, 6.45) is 0. The monoisotopic (exact) mass is 293 g/mol. The van der Waals surface area contributed by atoms with Crippen molar-refractivity contribution < 1.29 is 23.7 Å². The van der Waals surface area contributed by atoms with E-state index in [0.717, 1.165) is 11.4 Å². The molecule has 1 saturated heterocycles. The van der Waals surface area contributed by atoms with Crippen LogP contribution in [0.4, 0.5) is 11.4 Å². The van der Waals surface area contributed by atoms with E-state index in [0.29, 0.717) is 0 Å². The highest BCUT2D eigenvalue weighted by Gasteiger charge is 2.47. The molecule has 0 aliphatic carbocycles. The number of phosphoric acid groups is 1. The van der Waals surface area contributed by atoms with E-state index in [2.05, 4.69) is 14.6 Å². The zero-order valence-corrected chi connectivity index (χ0v) is 11.2. The number of nitrogens with zero attached hydrogens (tertiary/aromatic N) is 2. The number of hydrogen-bond acceptors (Lipinski definition) is 4. The van der Waals surface area contributed by atoms with Crippen LogP contribution in [-0.2, 0) is 13.8 Å². The first kappa shape index (κ1) is 14.0. The quantitative estimate of drug-likeness (QED) is 0.827. The summed E-state index contributed by atoms with van der Waals surface area (Å²) in [6.45, 7) is 0. The minimum Gasteiger partial charge on any atom is -0.390 e. The molecule has 1 aliphatic rings. The lowest BCUT2D eigenvalue weighted by Crippen LogP contribution is -2.17. The molecule has 104 valence electrons. The molecule has 3 rings (SSSR count). The van der Waals surface area contributed by atoms with Gasteiger partial charge in [0.1, 0.15) is 5.02 Å². The number of para-hydroxylation sites is 2. The maximum absolute atomic E-state index is 9.79. The fourth-order valence-corrected chi connectivity index (χ4v) is 1.76. The third-order valence-electron chi connectivity index (χ3n) is 2.18. The minimum absolute atomic E-state index is 0.180. The molecule has 7 nitrogen and oxygen atoms in total. The molecule has 20 heavy (non-hydrogen) atoms. The van der Waals surface area contributed by atoms with Crippen LogP contribution in [0, 0.1) is 0 Å². The first-order valence-electron chi connectivity index (χ1n) is 5.63. The van der Waals surface area contributed by atoms with Crippen molar-refractivity contribution in [3.05, 3.63) is 66.2 Å². The Morgan fingerprint density at radius 3 is 1.60 bits per heavy atom. The molecule has 0 spiro atoms. The van der Waals surface area contributed by atoms with Gasteiger partial charge in [-0.05, 0) is 24.3 Å². The van der Waals surface area contributed by atoms with Crippen LogP contribution in [0.1, 0.15) is 0 Å². The van der Waals surface area contributed by atoms with E-state index in [-0.39, 0.29) is 5.02 Å². The molecule has 8 heteroatoms. The fourth-order valence-electron chi connectivity index (χ4n) is 1.39. The summed E-state index contributed by atoms with van der Waals surface area (Å²) >= 11 is 0. The van der Waals surface area contributed by atoms with Crippen molar-refractivity contribution in [2.24, 2.45) is 0 Å². The van der Waals surface area contributed by atoms with Crippen LogP contribution in [0.15, 0.2) is 60.7 Å². The molecule has 1 fully saturated rings. The summed E-state index contributed by atoms with van der Waals surface area (Å²) in [5.74, 6) is 0. The van der Waals surface area contributed by atoms with Crippen LogP contribution in [0.2, 0.25) is 0 Å². The van der Waals surface area contributed by atoms with Crippen molar-refractivity contribution in [2.45, 2.75) is 0 Å². The van der Waals surface area contributed by atoms with E-state index in [1.54, 1.807) is 0 Å². The molecule has 1 heterocycles. The van der Waals surface area contributed by atoms with Crippen molar-refractivity contribution in [2.75, 3.05) is 5.32 Å². The molecule has 0 aromatic heterocycles. The normalized spacial score (nSPS) is 14.8. The van der Waals surface area contributed by atoms with Crippen molar-refractivity contribution in [3.8, 4) is 0 Å². The lowest BCUT2D eigenvalue weighted by molar-refractivity contribution is -0.978. The average Bonchev–Trinajstić information content (AvgIpc) is 2.40. The summed E-state index contributed by atoms with van der Waals surface area (Å²) in [5, 5.41) is 3.12. The van der Waals surface area contributed by atoms with Gasteiger partial charge in [0, 0.05) is 11.4 Å². The first-order chi connectivity index (χ1) is 9.55. The Bertz CT molecular complexity index is 572. The van der Waals surface area contributed by atoms with Gasteiger partial charge in [-0.1, -0.05) is 36.4 Å². The van der Waals surface area contributed by atoms with E-state index in [4.69, 9.17) is 10.4 Å². The minimum atomic E-state index is -3.85. The Labute approximate surface area is 115 Å². The number of benzene rings is 2. The molecular weight excluding hydrogens is 281 g/mol. The molecule has 0 bridgehead atoms. The fraction of sp³-hybridized carbons (Fsp3) is 0. The van der Waals surface area contributed by atoms with E-state index < -0.39 is 7.82 Å². The zero-order valence-electron chi connectivity index (χ0n) is 10.3.